The van der Waals surface area contributed by atoms with Crippen LogP contribution in [0.3, 0.4) is 0 Å². The highest BCUT2D eigenvalue weighted by atomic mass is 19.1. The van der Waals surface area contributed by atoms with Crippen LogP contribution < -0.4 is 15.8 Å². The van der Waals surface area contributed by atoms with Gasteiger partial charge in [-0.05, 0) is 35.9 Å². The second-order valence-corrected chi connectivity index (χ2v) is 7.30. The van der Waals surface area contributed by atoms with E-state index in [0.29, 0.717) is 29.1 Å². The molecule has 0 spiro atoms. The number of aromatic nitrogens is 2. The van der Waals surface area contributed by atoms with Gasteiger partial charge in [0, 0.05) is 36.5 Å². The van der Waals surface area contributed by atoms with E-state index in [9.17, 15) is 13.6 Å². The number of hydrogen-bond donors (Lipinski definition) is 2. The van der Waals surface area contributed by atoms with Gasteiger partial charge in [0.25, 0.3) is 0 Å². The Morgan fingerprint density at radius 1 is 1.24 bits per heavy atom. The quantitative estimate of drug-likeness (QED) is 0.530. The fraction of sp³-hybridized carbons (Fsp3) is 0.130. The molecular weight excluding hydrogens is 430 g/mol. The molecule has 0 radical (unpaired) electrons. The van der Waals surface area contributed by atoms with Crippen molar-refractivity contribution in [3.05, 3.63) is 84.2 Å². The fourth-order valence-corrected chi connectivity index (χ4v) is 3.44. The van der Waals surface area contributed by atoms with Crippen molar-refractivity contribution in [2.45, 2.75) is 12.5 Å². The zero-order valence-electron chi connectivity index (χ0n) is 17.4. The van der Waals surface area contributed by atoms with Gasteiger partial charge in [0.1, 0.15) is 29.5 Å². The Morgan fingerprint density at radius 3 is 2.79 bits per heavy atom. The number of ether oxygens (including phenoxy) is 1. The Bertz CT molecular complexity index is 1210. The number of hydrazone groups is 1. The van der Waals surface area contributed by atoms with Gasteiger partial charge in [0.2, 0.25) is 11.8 Å². The summed E-state index contributed by atoms with van der Waals surface area (Å²) in [4.78, 5) is 19.8. The molecule has 33 heavy (non-hydrogen) atoms. The third-order valence-corrected chi connectivity index (χ3v) is 4.86. The maximum atomic E-state index is 13.5. The van der Waals surface area contributed by atoms with E-state index in [2.05, 4.69) is 27.0 Å². The summed E-state index contributed by atoms with van der Waals surface area (Å²) in [6.45, 7) is 4.03. The van der Waals surface area contributed by atoms with Crippen LogP contribution in [-0.4, -0.2) is 33.6 Å². The minimum absolute atomic E-state index is 0.219. The number of halogens is 2. The van der Waals surface area contributed by atoms with Crippen molar-refractivity contribution in [2.75, 3.05) is 17.6 Å². The van der Waals surface area contributed by atoms with Crippen molar-refractivity contribution >= 4 is 23.6 Å². The standard InChI is InChI=1S/C23H20F2N6O2/c1-2-20(32)30-18-4-3-5-19(9-18)33-23-21(22(26)27-13-28-23)15-10-29-31(12-15)11-14-6-16(24)8-17(25)7-14/h2-10,13,15H,1,11-12H2,(H,30,32)(H2,26,27,28). The first kappa shape index (κ1) is 21.9. The number of carbonyl (C=O) groups excluding carboxylic acids is 1. The Kier molecular flexibility index (Phi) is 6.25. The number of nitrogens with one attached hydrogen (secondary N) is 1. The number of carbonyl (C=O) groups is 1. The van der Waals surface area contributed by atoms with Crippen LogP contribution in [0, 0.1) is 11.6 Å². The molecule has 0 bridgehead atoms. The van der Waals surface area contributed by atoms with E-state index in [1.54, 1.807) is 35.5 Å². The number of anilines is 2. The van der Waals surface area contributed by atoms with Crippen molar-refractivity contribution in [2.24, 2.45) is 5.10 Å². The highest BCUT2D eigenvalue weighted by Crippen LogP contribution is 2.34. The molecule has 1 atom stereocenters. The Hall–Kier alpha value is -4.34. The highest BCUT2D eigenvalue weighted by Gasteiger charge is 2.27. The number of nitrogen functional groups attached to an aromatic ring is 1. The van der Waals surface area contributed by atoms with E-state index in [1.807, 2.05) is 0 Å². The van der Waals surface area contributed by atoms with Gasteiger partial charge in [-0.25, -0.2) is 18.7 Å². The van der Waals surface area contributed by atoms with Crippen LogP contribution in [0.4, 0.5) is 20.3 Å². The Morgan fingerprint density at radius 2 is 2.03 bits per heavy atom. The second kappa shape index (κ2) is 9.43. The molecule has 0 saturated carbocycles. The SMILES string of the molecule is C=CC(=O)Nc1cccc(Oc2ncnc(N)c2C2C=NN(Cc3cc(F)cc(F)c3)C2)c1. The molecule has 1 aliphatic rings. The summed E-state index contributed by atoms with van der Waals surface area (Å²) in [5.41, 5.74) is 7.65. The van der Waals surface area contributed by atoms with Gasteiger partial charge in [-0.1, -0.05) is 12.6 Å². The number of amides is 1. The number of rotatable bonds is 7. The third-order valence-electron chi connectivity index (χ3n) is 4.86. The van der Waals surface area contributed by atoms with Crippen molar-refractivity contribution in [3.63, 3.8) is 0 Å². The van der Waals surface area contributed by atoms with Crippen molar-refractivity contribution < 1.29 is 18.3 Å². The van der Waals surface area contributed by atoms with E-state index in [4.69, 9.17) is 10.5 Å². The fourth-order valence-electron chi connectivity index (χ4n) is 3.44. The third kappa shape index (κ3) is 5.29. The maximum absolute atomic E-state index is 13.5. The normalized spacial score (nSPS) is 14.8. The summed E-state index contributed by atoms with van der Waals surface area (Å²) >= 11 is 0. The molecule has 3 N–H and O–H groups in total. The molecule has 2 aromatic carbocycles. The first-order chi connectivity index (χ1) is 15.9. The Labute approximate surface area is 188 Å². The number of nitrogens with zero attached hydrogens (tertiary/aromatic N) is 4. The molecular formula is C23H20F2N6O2. The molecule has 1 aliphatic heterocycles. The van der Waals surface area contributed by atoms with Crippen LogP contribution in [0.2, 0.25) is 0 Å². The van der Waals surface area contributed by atoms with Gasteiger partial charge in [0.05, 0.1) is 12.1 Å². The summed E-state index contributed by atoms with van der Waals surface area (Å²) < 4.78 is 33.0. The first-order valence-corrected chi connectivity index (χ1v) is 9.97. The zero-order valence-corrected chi connectivity index (χ0v) is 17.4. The summed E-state index contributed by atoms with van der Waals surface area (Å²) in [6.07, 6.45) is 4.12. The van der Waals surface area contributed by atoms with Gasteiger partial charge in [-0.2, -0.15) is 5.10 Å². The summed E-state index contributed by atoms with van der Waals surface area (Å²) in [5.74, 6) is -1.04. The minimum Gasteiger partial charge on any atom is -0.438 e. The predicted octanol–water partition coefficient (Wildman–Crippen LogP) is 3.84. The van der Waals surface area contributed by atoms with E-state index in [-0.39, 0.29) is 30.1 Å². The van der Waals surface area contributed by atoms with Crippen LogP contribution >= 0.6 is 0 Å². The van der Waals surface area contributed by atoms with Gasteiger partial charge in [-0.15, -0.1) is 0 Å². The molecule has 8 nitrogen and oxygen atoms in total. The number of nitrogens with two attached hydrogens (primary N) is 1. The number of hydrogen-bond acceptors (Lipinski definition) is 7. The van der Waals surface area contributed by atoms with Gasteiger partial charge >= 0.3 is 0 Å². The van der Waals surface area contributed by atoms with E-state index < -0.39 is 11.6 Å². The lowest BCUT2D eigenvalue weighted by Crippen LogP contribution is -2.19. The van der Waals surface area contributed by atoms with Crippen LogP contribution in [0.15, 0.2) is 66.5 Å². The Balaban J connectivity index is 1.52. The zero-order chi connectivity index (χ0) is 23.4. The summed E-state index contributed by atoms with van der Waals surface area (Å²) in [6, 6.07) is 10.1. The lowest BCUT2D eigenvalue weighted by atomic mass is 10.0. The lowest BCUT2D eigenvalue weighted by Gasteiger charge is -2.18. The number of benzene rings is 2. The smallest absolute Gasteiger partial charge is 0.247 e. The lowest BCUT2D eigenvalue weighted by molar-refractivity contribution is -0.111. The van der Waals surface area contributed by atoms with E-state index in [0.717, 1.165) is 6.07 Å². The molecule has 4 rings (SSSR count). The molecule has 168 valence electrons. The molecule has 1 unspecified atom stereocenters. The van der Waals surface area contributed by atoms with Crippen molar-refractivity contribution in [3.8, 4) is 11.6 Å². The average molecular weight is 450 g/mol. The molecule has 3 aromatic rings. The maximum Gasteiger partial charge on any atom is 0.247 e. The van der Waals surface area contributed by atoms with Crippen molar-refractivity contribution in [1.82, 2.24) is 15.0 Å². The van der Waals surface area contributed by atoms with Crippen LogP contribution in [0.25, 0.3) is 0 Å². The van der Waals surface area contributed by atoms with Crippen LogP contribution in [0.5, 0.6) is 11.6 Å². The minimum atomic E-state index is -0.646. The van der Waals surface area contributed by atoms with Gasteiger partial charge in [0.15, 0.2) is 0 Å². The second-order valence-electron chi connectivity index (χ2n) is 7.30. The topological polar surface area (TPSA) is 106 Å². The van der Waals surface area contributed by atoms with E-state index in [1.165, 1.54) is 24.5 Å². The van der Waals surface area contributed by atoms with Crippen LogP contribution in [-0.2, 0) is 11.3 Å². The molecule has 10 heteroatoms. The largest absolute Gasteiger partial charge is 0.438 e. The van der Waals surface area contributed by atoms with Crippen molar-refractivity contribution in [1.29, 1.82) is 0 Å². The molecule has 1 amide bonds. The van der Waals surface area contributed by atoms with Crippen LogP contribution in [0.1, 0.15) is 17.0 Å². The molecule has 0 fully saturated rings. The summed E-state index contributed by atoms with van der Waals surface area (Å²) in [7, 11) is 0. The predicted molar refractivity (Wildman–Crippen MR) is 120 cm³/mol. The summed E-state index contributed by atoms with van der Waals surface area (Å²) in [5, 5.41) is 8.66. The average Bonchev–Trinajstić information content (AvgIpc) is 3.21. The molecule has 1 aromatic heterocycles. The molecule has 2 heterocycles. The first-order valence-electron chi connectivity index (χ1n) is 9.97. The monoisotopic (exact) mass is 450 g/mol. The van der Waals surface area contributed by atoms with E-state index >= 15 is 0 Å². The molecule has 0 saturated heterocycles. The molecule has 0 aliphatic carbocycles. The highest BCUT2D eigenvalue weighted by molar-refractivity contribution is 5.98. The van der Waals surface area contributed by atoms with Gasteiger partial charge in [-0.3, -0.25) is 9.80 Å². The van der Waals surface area contributed by atoms with Gasteiger partial charge < -0.3 is 15.8 Å².